The Bertz CT molecular complexity index is 5190. The van der Waals surface area contributed by atoms with E-state index in [9.17, 15) is 0 Å². The van der Waals surface area contributed by atoms with Gasteiger partial charge in [0, 0.05) is 78.5 Å². The number of hydrogen-bond donors (Lipinski definition) is 0. The zero-order valence-electron chi connectivity index (χ0n) is 50.6. The van der Waals surface area contributed by atoms with Crippen molar-refractivity contribution in [2.24, 2.45) is 0 Å². The Labute approximate surface area is 540 Å². The Morgan fingerprint density at radius 3 is 1.22 bits per heavy atom. The third-order valence-corrected chi connectivity index (χ3v) is 27.4. The minimum absolute atomic E-state index is 0.590. The normalized spacial score (nSPS) is 15.2. The first-order valence-corrected chi connectivity index (χ1v) is 35.1. The van der Waals surface area contributed by atoms with E-state index in [1.807, 2.05) is 0 Å². The van der Waals surface area contributed by atoms with E-state index in [0.29, 0.717) is 0 Å². The molecule has 92 heavy (non-hydrogen) atoms. The molecule has 4 heteroatoms. The molecular formula is C88H62N2S2. The lowest BCUT2D eigenvalue weighted by atomic mass is 9.68. The molecule has 1 spiro atoms. The summed E-state index contributed by atoms with van der Waals surface area (Å²) in [5, 5.41) is 3.73. The van der Waals surface area contributed by atoms with Crippen LogP contribution in [0.4, 0.5) is 0 Å². The van der Waals surface area contributed by atoms with E-state index in [2.05, 4.69) is 373 Å². The zero-order chi connectivity index (χ0) is 60.8. The molecule has 3 heterocycles. The number of allylic oxidation sites excluding steroid dienone is 5. The van der Waals surface area contributed by atoms with Crippen LogP contribution in [0.2, 0.25) is 0 Å². The number of para-hydroxylation sites is 2. The second kappa shape index (κ2) is 21.7. The molecule has 0 bridgehead atoms. The monoisotopic (exact) mass is 1210 g/mol. The van der Waals surface area contributed by atoms with Crippen LogP contribution >= 0.6 is 20.1 Å². The van der Waals surface area contributed by atoms with Gasteiger partial charge >= 0.3 is 0 Å². The molecule has 18 rings (SSSR count). The predicted molar refractivity (Wildman–Crippen MR) is 387 cm³/mol. The summed E-state index contributed by atoms with van der Waals surface area (Å²) in [6, 6.07) is 128. The van der Waals surface area contributed by atoms with Crippen LogP contribution in [0.1, 0.15) is 23.2 Å². The summed E-state index contributed by atoms with van der Waals surface area (Å²) >= 11 is 0. The van der Waals surface area contributed by atoms with Crippen molar-refractivity contribution in [2.45, 2.75) is 46.1 Å². The minimum atomic E-state index is -2.37. The molecule has 0 saturated heterocycles. The van der Waals surface area contributed by atoms with Crippen LogP contribution in [-0.4, -0.2) is 9.13 Å². The lowest BCUT2D eigenvalue weighted by Gasteiger charge is -2.50. The largest absolute Gasteiger partial charge is 0.310 e. The number of hydrogen-bond acceptors (Lipinski definition) is 0. The van der Waals surface area contributed by atoms with Crippen molar-refractivity contribution >= 4 is 64.4 Å². The van der Waals surface area contributed by atoms with Crippen molar-refractivity contribution in [2.75, 3.05) is 0 Å². The zero-order valence-corrected chi connectivity index (χ0v) is 52.2. The highest BCUT2D eigenvalue weighted by molar-refractivity contribution is 8.37. The third kappa shape index (κ3) is 8.10. The average molecular weight is 1210 g/mol. The van der Waals surface area contributed by atoms with E-state index < -0.39 is 25.5 Å². The number of fused-ring (bicyclic) bond motifs is 9. The van der Waals surface area contributed by atoms with Crippen molar-refractivity contribution in [3.05, 3.63) is 380 Å². The fourth-order valence-corrected chi connectivity index (χ4v) is 23.8. The molecular weight excluding hydrogens is 1150 g/mol. The van der Waals surface area contributed by atoms with Gasteiger partial charge in [0.2, 0.25) is 0 Å². The van der Waals surface area contributed by atoms with Gasteiger partial charge in [-0.2, -0.15) is 0 Å². The van der Waals surface area contributed by atoms with E-state index in [1.54, 1.807) is 0 Å². The lowest BCUT2D eigenvalue weighted by molar-refractivity contribution is 0.642. The van der Waals surface area contributed by atoms with Crippen molar-refractivity contribution in [3.8, 4) is 44.8 Å². The van der Waals surface area contributed by atoms with Gasteiger partial charge in [0.15, 0.2) is 0 Å². The van der Waals surface area contributed by atoms with Crippen molar-refractivity contribution in [3.63, 3.8) is 0 Å². The van der Waals surface area contributed by atoms with Gasteiger partial charge in [-0.05, 0) is 172 Å². The van der Waals surface area contributed by atoms with Crippen molar-refractivity contribution in [1.29, 1.82) is 0 Å². The maximum atomic E-state index is 2.73. The molecule has 2 aliphatic carbocycles. The summed E-state index contributed by atoms with van der Waals surface area (Å²) in [5.74, 6) is 0. The first-order valence-electron chi connectivity index (χ1n) is 31.8. The summed E-state index contributed by atoms with van der Waals surface area (Å²) in [7, 11) is -4.51. The number of nitrogens with zero attached hydrogens (tertiary/aromatic N) is 2. The van der Waals surface area contributed by atoms with E-state index >= 15 is 0 Å². The van der Waals surface area contributed by atoms with Crippen molar-refractivity contribution in [1.82, 2.24) is 9.13 Å². The summed E-state index contributed by atoms with van der Waals surface area (Å²) in [6.45, 7) is 0. The molecule has 1 aliphatic heterocycles. The minimum Gasteiger partial charge on any atom is -0.310 e. The SMILES string of the molecule is C1=CC23CC(S(c4ccccc4)(c4ccccc4)c4ccccc4)=Cc4c2n(c2ccc(-n5c6ccccc6c6ccccc65)cc42)-c2c(cc(S(c4ccccc4)(c4ccccc4)c4cc(-c5ccccc5)cc(-c5ccccc5)c4)cc2-c2ccccc2)C3=C1. The van der Waals surface area contributed by atoms with E-state index in [-0.39, 0.29) is 0 Å². The maximum Gasteiger partial charge on any atom is 0.0614 e. The Kier molecular flexibility index (Phi) is 12.7. The van der Waals surface area contributed by atoms with E-state index in [1.165, 1.54) is 133 Å². The third-order valence-electron chi connectivity index (χ3n) is 19.5. The second-order valence-electron chi connectivity index (χ2n) is 24.4. The summed E-state index contributed by atoms with van der Waals surface area (Å²) in [4.78, 5) is 10.5. The van der Waals surface area contributed by atoms with E-state index in [0.717, 1.165) is 12.1 Å². The molecule has 2 aromatic heterocycles. The summed E-state index contributed by atoms with van der Waals surface area (Å²) < 4.78 is 5.23. The first-order chi connectivity index (χ1) is 45.6. The predicted octanol–water partition coefficient (Wildman–Crippen LogP) is 24.0. The van der Waals surface area contributed by atoms with Crippen LogP contribution < -0.4 is 0 Å². The highest BCUT2D eigenvalue weighted by atomic mass is 32.3. The fraction of sp³-hybridized carbons (Fsp3) is 0.0227. The lowest BCUT2D eigenvalue weighted by Crippen LogP contribution is -2.35. The van der Waals surface area contributed by atoms with Gasteiger partial charge in [0.05, 0.1) is 27.7 Å². The summed E-state index contributed by atoms with van der Waals surface area (Å²) in [6.07, 6.45) is 10.9. The smallest absolute Gasteiger partial charge is 0.0614 e. The van der Waals surface area contributed by atoms with Crippen LogP contribution in [0.5, 0.6) is 0 Å². The molecule has 0 amide bonds. The molecule has 15 aromatic rings. The fourth-order valence-electron chi connectivity index (χ4n) is 15.7. The van der Waals surface area contributed by atoms with Gasteiger partial charge < -0.3 is 9.13 Å². The Morgan fingerprint density at radius 2 is 0.717 bits per heavy atom. The Morgan fingerprint density at radius 1 is 0.304 bits per heavy atom. The standard InChI is InChI=1S/C88H62N2S2/c1-9-30-62(31-10-1)65-54-66(63-32-11-2-12-33-63)56-73(55-65)92(71-42-21-7-22-43-71,72-44-23-8-24-45-72)74-58-78(64-34-13-3-14-35-64)86-81(59-74)82-48-29-53-88(82)61-75(91(68-36-15-4-16-37-68,69-38-17-5-18-39-69)70-40-19-6-20-41-70)60-80-79-57-67(51-52-85(79)90(86)87(80)88)89-83-49-27-25-46-76(83)77-47-26-28-50-84(77)89/h1-60H,61H2. The van der Waals surface area contributed by atoms with Crippen LogP contribution in [0.15, 0.2) is 397 Å². The van der Waals surface area contributed by atoms with Crippen LogP contribution in [0, 0.1) is 0 Å². The molecule has 0 N–H and O–H groups in total. The van der Waals surface area contributed by atoms with E-state index in [4.69, 9.17) is 0 Å². The Hall–Kier alpha value is -10.9. The molecule has 0 fully saturated rings. The highest BCUT2D eigenvalue weighted by Gasteiger charge is 2.52. The second-order valence-corrected chi connectivity index (χ2v) is 30.6. The van der Waals surface area contributed by atoms with Crippen LogP contribution in [-0.2, 0) is 5.41 Å². The average Bonchev–Trinajstić information content (AvgIpc) is 1.36. The molecule has 436 valence electrons. The van der Waals surface area contributed by atoms with Gasteiger partial charge in [0.25, 0.3) is 0 Å². The Balaban J connectivity index is 0.996. The molecule has 13 aromatic carbocycles. The molecule has 0 saturated carbocycles. The highest BCUT2D eigenvalue weighted by Crippen LogP contribution is 2.79. The van der Waals surface area contributed by atoms with Gasteiger partial charge in [-0.1, -0.05) is 237 Å². The number of benzene rings is 13. The van der Waals surface area contributed by atoms with Crippen LogP contribution in [0.25, 0.3) is 89.1 Å². The quantitative estimate of drug-likeness (QED) is 0.115. The molecule has 2 nitrogen and oxygen atoms in total. The topological polar surface area (TPSA) is 9.86 Å². The molecule has 3 aliphatic rings. The summed E-state index contributed by atoms with van der Waals surface area (Å²) in [5.41, 5.74) is 17.6. The number of aromatic nitrogens is 2. The first kappa shape index (κ1) is 54.1. The molecule has 0 radical (unpaired) electrons. The van der Waals surface area contributed by atoms with Crippen LogP contribution in [0.3, 0.4) is 0 Å². The van der Waals surface area contributed by atoms with Gasteiger partial charge in [0.1, 0.15) is 0 Å². The molecule has 1 atom stereocenters. The van der Waals surface area contributed by atoms with Gasteiger partial charge in [-0.25, -0.2) is 0 Å². The van der Waals surface area contributed by atoms with Gasteiger partial charge in [-0.3, -0.25) is 0 Å². The van der Waals surface area contributed by atoms with Gasteiger partial charge in [-0.15, -0.1) is 20.1 Å². The number of rotatable bonds is 12. The van der Waals surface area contributed by atoms with Crippen molar-refractivity contribution < 1.29 is 0 Å². The molecule has 1 unspecified atom stereocenters. The maximum absolute atomic E-state index is 2.73.